The highest BCUT2D eigenvalue weighted by molar-refractivity contribution is 6.01. The van der Waals surface area contributed by atoms with Gasteiger partial charge < -0.3 is 14.8 Å². The number of aromatic nitrogens is 2. The number of carbonyl (C=O) groups is 2. The molecule has 0 aliphatic carbocycles. The first-order valence-electron chi connectivity index (χ1n) is 6.72. The Morgan fingerprint density at radius 1 is 1.30 bits per heavy atom. The van der Waals surface area contributed by atoms with Gasteiger partial charge in [0.05, 0.1) is 18.5 Å². The molecule has 0 fully saturated rings. The number of nitrogens with zero attached hydrogens (tertiary/aromatic N) is 2. The Hall–Kier alpha value is -2.90. The Kier molecular flexibility index (Phi) is 4.95. The average Bonchev–Trinajstić information content (AvgIpc) is 2.82. The first-order chi connectivity index (χ1) is 10.9. The lowest BCUT2D eigenvalue weighted by Crippen LogP contribution is -2.22. The lowest BCUT2D eigenvalue weighted by atomic mass is 10.3. The molecular formula is C15H16FN3O4. The fraction of sp³-hybridized carbons (Fsp3) is 0.267. The molecule has 2 aromatic rings. The van der Waals surface area contributed by atoms with Crippen molar-refractivity contribution in [3.63, 3.8) is 0 Å². The molecule has 0 atom stereocenters. The molecule has 1 heterocycles. The molecule has 0 spiro atoms. The van der Waals surface area contributed by atoms with Crippen molar-refractivity contribution in [3.8, 4) is 5.75 Å². The van der Waals surface area contributed by atoms with Crippen molar-refractivity contribution in [1.82, 2.24) is 9.78 Å². The highest BCUT2D eigenvalue weighted by Gasteiger charge is 2.22. The van der Waals surface area contributed by atoms with Crippen molar-refractivity contribution < 1.29 is 23.5 Å². The Morgan fingerprint density at radius 2 is 1.96 bits per heavy atom. The highest BCUT2D eigenvalue weighted by Crippen LogP contribution is 2.20. The van der Waals surface area contributed by atoms with Crippen LogP contribution >= 0.6 is 0 Å². The lowest BCUT2D eigenvalue weighted by molar-refractivity contribution is -0.118. The van der Waals surface area contributed by atoms with E-state index in [1.165, 1.54) is 36.1 Å². The Bertz CT molecular complexity index is 725. The number of rotatable bonds is 5. The summed E-state index contributed by atoms with van der Waals surface area (Å²) < 4.78 is 24.1. The van der Waals surface area contributed by atoms with Gasteiger partial charge in [0.1, 0.15) is 11.6 Å². The topological polar surface area (TPSA) is 82.5 Å². The van der Waals surface area contributed by atoms with Crippen molar-refractivity contribution in [2.45, 2.75) is 6.92 Å². The van der Waals surface area contributed by atoms with E-state index in [0.717, 1.165) is 0 Å². The molecule has 122 valence electrons. The number of hydrogen-bond donors (Lipinski definition) is 1. The van der Waals surface area contributed by atoms with E-state index in [2.05, 4.69) is 15.2 Å². The molecule has 8 heteroatoms. The van der Waals surface area contributed by atoms with Crippen LogP contribution in [0.5, 0.6) is 5.75 Å². The minimum Gasteiger partial charge on any atom is -0.484 e. The molecule has 0 aliphatic heterocycles. The number of ether oxygens (including phenoxy) is 2. The lowest BCUT2D eigenvalue weighted by Gasteiger charge is -2.08. The summed E-state index contributed by atoms with van der Waals surface area (Å²) in [5.41, 5.74) is 0.884. The van der Waals surface area contributed by atoms with Gasteiger partial charge in [-0.15, -0.1) is 0 Å². The van der Waals surface area contributed by atoms with Gasteiger partial charge in [0, 0.05) is 7.05 Å². The maximum Gasteiger partial charge on any atom is 0.360 e. The molecule has 1 aromatic carbocycles. The largest absolute Gasteiger partial charge is 0.484 e. The Labute approximate surface area is 132 Å². The zero-order chi connectivity index (χ0) is 17.0. The fourth-order valence-electron chi connectivity index (χ4n) is 1.85. The molecule has 7 nitrogen and oxygen atoms in total. The number of halogens is 1. The van der Waals surface area contributed by atoms with Gasteiger partial charge in [0.25, 0.3) is 5.91 Å². The molecule has 1 amide bonds. The Morgan fingerprint density at radius 3 is 2.57 bits per heavy atom. The summed E-state index contributed by atoms with van der Waals surface area (Å²) in [5.74, 6) is -1.16. The van der Waals surface area contributed by atoms with Crippen LogP contribution in [0.3, 0.4) is 0 Å². The minimum absolute atomic E-state index is 0.0163. The average molecular weight is 321 g/mol. The second kappa shape index (κ2) is 6.91. The van der Waals surface area contributed by atoms with E-state index in [9.17, 15) is 14.0 Å². The van der Waals surface area contributed by atoms with Gasteiger partial charge >= 0.3 is 5.97 Å². The van der Waals surface area contributed by atoms with Crippen LogP contribution in [0.1, 0.15) is 16.2 Å². The fourth-order valence-corrected chi connectivity index (χ4v) is 1.85. The van der Waals surface area contributed by atoms with Gasteiger partial charge in [-0.3, -0.25) is 9.48 Å². The molecule has 0 saturated heterocycles. The van der Waals surface area contributed by atoms with Crippen LogP contribution in [0, 0.1) is 12.7 Å². The van der Waals surface area contributed by atoms with E-state index < -0.39 is 17.7 Å². The minimum atomic E-state index is -0.650. The third kappa shape index (κ3) is 3.85. The number of carbonyl (C=O) groups excluding carboxylic acids is 2. The summed E-state index contributed by atoms with van der Waals surface area (Å²) in [6.45, 7) is 1.41. The predicted molar refractivity (Wildman–Crippen MR) is 79.8 cm³/mol. The zero-order valence-electron chi connectivity index (χ0n) is 12.9. The second-order valence-electron chi connectivity index (χ2n) is 4.71. The van der Waals surface area contributed by atoms with Crippen molar-refractivity contribution in [1.29, 1.82) is 0 Å². The monoisotopic (exact) mass is 321 g/mol. The van der Waals surface area contributed by atoms with Crippen molar-refractivity contribution >= 4 is 17.6 Å². The number of anilines is 1. The number of nitrogens with one attached hydrogen (secondary N) is 1. The van der Waals surface area contributed by atoms with E-state index in [4.69, 9.17) is 4.74 Å². The summed E-state index contributed by atoms with van der Waals surface area (Å²) in [6, 6.07) is 5.29. The van der Waals surface area contributed by atoms with Crippen LogP contribution in [0.15, 0.2) is 24.3 Å². The number of amides is 1. The molecule has 23 heavy (non-hydrogen) atoms. The third-order valence-electron chi connectivity index (χ3n) is 3.16. The van der Waals surface area contributed by atoms with E-state index in [1.54, 1.807) is 14.0 Å². The van der Waals surface area contributed by atoms with Gasteiger partial charge in [0.15, 0.2) is 12.3 Å². The van der Waals surface area contributed by atoms with Gasteiger partial charge in [-0.05, 0) is 31.2 Å². The third-order valence-corrected chi connectivity index (χ3v) is 3.16. The van der Waals surface area contributed by atoms with E-state index in [1.807, 2.05) is 0 Å². The first kappa shape index (κ1) is 16.5. The molecule has 0 bridgehead atoms. The molecule has 0 unspecified atom stereocenters. The zero-order valence-corrected chi connectivity index (χ0v) is 12.9. The predicted octanol–water partition coefficient (Wildman–Crippen LogP) is 1.67. The summed E-state index contributed by atoms with van der Waals surface area (Å²) in [7, 11) is 2.88. The van der Waals surface area contributed by atoms with Crippen molar-refractivity contribution in [2.75, 3.05) is 19.0 Å². The molecule has 0 aliphatic rings. The first-order valence-corrected chi connectivity index (χ1v) is 6.72. The van der Waals surface area contributed by atoms with Gasteiger partial charge in [0.2, 0.25) is 0 Å². The van der Waals surface area contributed by atoms with Crippen LogP contribution in [-0.2, 0) is 16.6 Å². The van der Waals surface area contributed by atoms with Gasteiger partial charge in [-0.25, -0.2) is 9.18 Å². The molecule has 1 aromatic heterocycles. The molecule has 0 saturated carbocycles. The maximum absolute atomic E-state index is 12.8. The summed E-state index contributed by atoms with van der Waals surface area (Å²) >= 11 is 0. The highest BCUT2D eigenvalue weighted by atomic mass is 19.1. The Balaban J connectivity index is 2.05. The van der Waals surface area contributed by atoms with Crippen LogP contribution in [-0.4, -0.2) is 35.4 Å². The summed E-state index contributed by atoms with van der Waals surface area (Å²) in [4.78, 5) is 23.7. The quantitative estimate of drug-likeness (QED) is 0.847. The molecule has 1 N–H and O–H groups in total. The second-order valence-corrected chi connectivity index (χ2v) is 4.71. The number of methoxy groups -OCH3 is 1. The standard InChI is InChI=1S/C15H16FN3O4/c1-9-13(14(15(21)22-3)18-19(9)2)17-12(20)8-23-11-6-4-10(16)5-7-11/h4-7H,8H2,1-3H3,(H,17,20). The van der Waals surface area contributed by atoms with Crippen LogP contribution < -0.4 is 10.1 Å². The number of esters is 1. The number of aryl methyl sites for hydroxylation is 1. The maximum atomic E-state index is 12.8. The molecule has 2 rings (SSSR count). The van der Waals surface area contributed by atoms with Crippen molar-refractivity contribution in [3.05, 3.63) is 41.5 Å². The van der Waals surface area contributed by atoms with Crippen LogP contribution in [0.2, 0.25) is 0 Å². The smallest absolute Gasteiger partial charge is 0.360 e. The van der Waals surface area contributed by atoms with Crippen molar-refractivity contribution in [2.24, 2.45) is 7.05 Å². The number of hydrogen-bond acceptors (Lipinski definition) is 5. The number of benzene rings is 1. The summed E-state index contributed by atoms with van der Waals surface area (Å²) in [6.07, 6.45) is 0. The van der Waals surface area contributed by atoms with E-state index >= 15 is 0 Å². The van der Waals surface area contributed by atoms with Gasteiger partial charge in [-0.2, -0.15) is 5.10 Å². The molecular weight excluding hydrogens is 305 g/mol. The normalized spacial score (nSPS) is 10.3. The summed E-state index contributed by atoms with van der Waals surface area (Å²) in [5, 5.41) is 6.58. The van der Waals surface area contributed by atoms with E-state index in [0.29, 0.717) is 11.4 Å². The van der Waals surface area contributed by atoms with Crippen LogP contribution in [0.4, 0.5) is 10.1 Å². The molecule has 0 radical (unpaired) electrons. The SMILES string of the molecule is COC(=O)c1nn(C)c(C)c1NC(=O)COc1ccc(F)cc1. The van der Waals surface area contributed by atoms with E-state index in [-0.39, 0.29) is 18.0 Å². The van der Waals surface area contributed by atoms with Gasteiger partial charge in [-0.1, -0.05) is 0 Å². The van der Waals surface area contributed by atoms with Crippen LogP contribution in [0.25, 0.3) is 0 Å².